The number of rotatable bonds is 5. The minimum absolute atomic E-state index is 0.00268. The van der Waals surface area contributed by atoms with Crippen molar-refractivity contribution in [3.05, 3.63) is 155 Å². The van der Waals surface area contributed by atoms with Gasteiger partial charge in [0.25, 0.3) is 0 Å². The Morgan fingerprint density at radius 1 is 0.568 bits per heavy atom. The summed E-state index contributed by atoms with van der Waals surface area (Å²) in [6.45, 7) is 4.67. The molecule has 0 saturated carbocycles. The molecular formula is C36H31N. The number of nitrogens with zero attached hydrogens (tertiary/aromatic N) is 1. The molecule has 0 saturated heterocycles. The lowest BCUT2D eigenvalue weighted by Crippen LogP contribution is -2.16. The second kappa shape index (κ2) is 9.26. The van der Waals surface area contributed by atoms with Crippen LogP contribution in [-0.2, 0) is 5.41 Å². The van der Waals surface area contributed by atoms with Gasteiger partial charge in [-0.25, -0.2) is 0 Å². The van der Waals surface area contributed by atoms with Crippen LogP contribution < -0.4 is 4.90 Å². The molecule has 1 heteroatoms. The first-order chi connectivity index (χ1) is 18.0. The molecule has 0 unspecified atom stereocenters. The summed E-state index contributed by atoms with van der Waals surface area (Å²) in [5.41, 5.74) is 12.8. The molecule has 1 aliphatic carbocycles. The van der Waals surface area contributed by atoms with Crippen LogP contribution in [0.4, 0.5) is 11.4 Å². The molecule has 5 aromatic carbocycles. The zero-order valence-electron chi connectivity index (χ0n) is 21.6. The standard InChI is InChI=1S/C36H31N/c1-36(2)34-17-11-10-16-31(34)32-23-22-30(25-35(32)36)37(3)29-20-18-26(19-21-29)24-33(27-12-6-4-7-13-27)28-14-8-5-9-15-28/h4-25H,1-3H3. The number of hydrogen-bond acceptors (Lipinski definition) is 1. The molecule has 0 atom stereocenters. The third kappa shape index (κ3) is 4.17. The first kappa shape index (κ1) is 23.1. The van der Waals surface area contributed by atoms with Crippen molar-refractivity contribution in [1.29, 1.82) is 0 Å². The predicted molar refractivity (Wildman–Crippen MR) is 158 cm³/mol. The maximum atomic E-state index is 2.37. The van der Waals surface area contributed by atoms with Gasteiger partial charge in [0.2, 0.25) is 0 Å². The van der Waals surface area contributed by atoms with Crippen LogP contribution in [0.2, 0.25) is 0 Å². The van der Waals surface area contributed by atoms with Crippen molar-refractivity contribution >= 4 is 23.0 Å². The van der Waals surface area contributed by atoms with E-state index in [0.29, 0.717) is 0 Å². The van der Waals surface area contributed by atoms with Gasteiger partial charge in [0.1, 0.15) is 0 Å². The van der Waals surface area contributed by atoms with Gasteiger partial charge in [0, 0.05) is 23.8 Å². The first-order valence-corrected chi connectivity index (χ1v) is 12.9. The van der Waals surface area contributed by atoms with Crippen LogP contribution in [0.15, 0.2) is 127 Å². The highest BCUT2D eigenvalue weighted by atomic mass is 15.1. The van der Waals surface area contributed by atoms with Crippen LogP contribution in [0, 0.1) is 0 Å². The molecule has 0 aromatic heterocycles. The highest BCUT2D eigenvalue weighted by Crippen LogP contribution is 2.49. The zero-order valence-corrected chi connectivity index (χ0v) is 21.6. The van der Waals surface area contributed by atoms with Crippen molar-refractivity contribution in [2.75, 3.05) is 11.9 Å². The summed E-state index contributed by atoms with van der Waals surface area (Å²) in [5.74, 6) is 0. The molecule has 5 aromatic rings. The Hall–Kier alpha value is -4.36. The smallest absolute Gasteiger partial charge is 0.0411 e. The normalized spacial score (nSPS) is 12.9. The fourth-order valence-corrected chi connectivity index (χ4v) is 5.58. The monoisotopic (exact) mass is 477 g/mol. The summed E-state index contributed by atoms with van der Waals surface area (Å²) in [5, 5.41) is 0. The highest BCUT2D eigenvalue weighted by Gasteiger charge is 2.35. The van der Waals surface area contributed by atoms with Crippen molar-refractivity contribution in [2.45, 2.75) is 19.3 Å². The van der Waals surface area contributed by atoms with E-state index in [2.05, 4.69) is 159 Å². The number of fused-ring (bicyclic) bond motifs is 3. The number of anilines is 2. The molecule has 0 heterocycles. The van der Waals surface area contributed by atoms with E-state index in [1.165, 1.54) is 55.9 Å². The SMILES string of the molecule is CN(c1ccc(C=C(c2ccccc2)c2ccccc2)cc1)c1ccc2c(c1)C(C)(C)c1ccccc1-2. The van der Waals surface area contributed by atoms with E-state index >= 15 is 0 Å². The second-order valence-corrected chi connectivity index (χ2v) is 10.3. The summed E-state index contributed by atoms with van der Waals surface area (Å²) >= 11 is 0. The minimum atomic E-state index is 0.00268. The van der Waals surface area contributed by atoms with E-state index in [1.807, 2.05) is 0 Å². The molecule has 6 rings (SSSR count). The first-order valence-electron chi connectivity index (χ1n) is 12.9. The lowest BCUT2D eigenvalue weighted by atomic mass is 9.82. The van der Waals surface area contributed by atoms with Crippen molar-refractivity contribution in [3.63, 3.8) is 0 Å². The molecule has 37 heavy (non-hydrogen) atoms. The van der Waals surface area contributed by atoms with E-state index < -0.39 is 0 Å². The minimum Gasteiger partial charge on any atom is -0.345 e. The Morgan fingerprint density at radius 3 is 1.76 bits per heavy atom. The van der Waals surface area contributed by atoms with Gasteiger partial charge in [-0.2, -0.15) is 0 Å². The maximum absolute atomic E-state index is 2.37. The fourth-order valence-electron chi connectivity index (χ4n) is 5.58. The molecule has 0 N–H and O–H groups in total. The molecule has 0 spiro atoms. The summed E-state index contributed by atoms with van der Waals surface area (Å²) in [6.07, 6.45) is 2.28. The van der Waals surface area contributed by atoms with Crippen LogP contribution in [0.3, 0.4) is 0 Å². The third-order valence-electron chi connectivity index (χ3n) is 7.72. The van der Waals surface area contributed by atoms with Gasteiger partial charge < -0.3 is 4.90 Å². The van der Waals surface area contributed by atoms with Crippen LogP contribution in [-0.4, -0.2) is 7.05 Å². The Labute approximate surface area is 220 Å². The van der Waals surface area contributed by atoms with Crippen LogP contribution >= 0.6 is 0 Å². The molecule has 0 fully saturated rings. The zero-order chi connectivity index (χ0) is 25.4. The Balaban J connectivity index is 1.31. The third-order valence-corrected chi connectivity index (χ3v) is 7.72. The Kier molecular flexibility index (Phi) is 5.77. The summed E-state index contributed by atoms with van der Waals surface area (Å²) in [4.78, 5) is 2.28. The Morgan fingerprint density at radius 2 is 1.11 bits per heavy atom. The Bertz CT molecular complexity index is 1530. The van der Waals surface area contributed by atoms with Gasteiger partial charge in [-0.05, 0) is 74.9 Å². The molecule has 180 valence electrons. The molecule has 0 radical (unpaired) electrons. The van der Waals surface area contributed by atoms with Gasteiger partial charge in [-0.1, -0.05) is 117 Å². The average Bonchev–Trinajstić information content (AvgIpc) is 3.19. The van der Waals surface area contributed by atoms with Crippen LogP contribution in [0.25, 0.3) is 22.8 Å². The maximum Gasteiger partial charge on any atom is 0.0411 e. The average molecular weight is 478 g/mol. The molecule has 1 nitrogen and oxygen atoms in total. The number of hydrogen-bond donors (Lipinski definition) is 0. The van der Waals surface area contributed by atoms with Crippen molar-refractivity contribution < 1.29 is 0 Å². The second-order valence-electron chi connectivity index (χ2n) is 10.3. The predicted octanol–water partition coefficient (Wildman–Crippen LogP) is 9.35. The lowest BCUT2D eigenvalue weighted by Gasteiger charge is -2.25. The van der Waals surface area contributed by atoms with E-state index in [1.54, 1.807) is 0 Å². The molecule has 0 bridgehead atoms. The number of benzene rings is 5. The highest BCUT2D eigenvalue weighted by molar-refractivity contribution is 5.91. The fraction of sp³-hybridized carbons (Fsp3) is 0.111. The van der Waals surface area contributed by atoms with E-state index in [-0.39, 0.29) is 5.41 Å². The van der Waals surface area contributed by atoms with E-state index in [4.69, 9.17) is 0 Å². The van der Waals surface area contributed by atoms with Gasteiger partial charge in [0.15, 0.2) is 0 Å². The van der Waals surface area contributed by atoms with Gasteiger partial charge in [-0.3, -0.25) is 0 Å². The largest absolute Gasteiger partial charge is 0.345 e. The van der Waals surface area contributed by atoms with Gasteiger partial charge >= 0.3 is 0 Å². The molecule has 0 aliphatic heterocycles. The summed E-state index contributed by atoms with van der Waals surface area (Å²) in [7, 11) is 2.15. The summed E-state index contributed by atoms with van der Waals surface area (Å²) in [6, 6.07) is 45.8. The molecular weight excluding hydrogens is 446 g/mol. The van der Waals surface area contributed by atoms with Crippen LogP contribution in [0.1, 0.15) is 41.7 Å². The quantitative estimate of drug-likeness (QED) is 0.228. The van der Waals surface area contributed by atoms with E-state index in [9.17, 15) is 0 Å². The topological polar surface area (TPSA) is 3.24 Å². The van der Waals surface area contributed by atoms with Crippen molar-refractivity contribution in [3.8, 4) is 11.1 Å². The van der Waals surface area contributed by atoms with Crippen molar-refractivity contribution in [2.24, 2.45) is 0 Å². The van der Waals surface area contributed by atoms with Crippen molar-refractivity contribution in [1.82, 2.24) is 0 Å². The summed E-state index contributed by atoms with van der Waals surface area (Å²) < 4.78 is 0. The lowest BCUT2D eigenvalue weighted by molar-refractivity contribution is 0.660. The molecule has 1 aliphatic rings. The molecule has 0 amide bonds. The van der Waals surface area contributed by atoms with E-state index in [0.717, 1.165) is 0 Å². The van der Waals surface area contributed by atoms with Crippen LogP contribution in [0.5, 0.6) is 0 Å². The van der Waals surface area contributed by atoms with Gasteiger partial charge in [-0.15, -0.1) is 0 Å². The van der Waals surface area contributed by atoms with Gasteiger partial charge in [0.05, 0.1) is 0 Å².